The summed E-state index contributed by atoms with van der Waals surface area (Å²) in [7, 11) is 0. The third-order valence-electron chi connectivity index (χ3n) is 6.97. The third kappa shape index (κ3) is 6.83. The molecular weight excluding hydrogens is 613 g/mol. The van der Waals surface area contributed by atoms with Crippen molar-refractivity contribution in [2.45, 2.75) is 0 Å². The maximum Gasteiger partial charge on any atom is 0.229 e. The standard InChI is InChI=1S/C38H28N2O4S2/c41-31(25-33(43)35-21-23-37(45-35)39(27-13-5-1-6-14-27)28-15-7-2-8-16-28)32(42)26-34(44)36-22-24-38(46-36)40(29-17-9-3-10-18-29)30-19-11-4-12-20-30/h1-26,43-44H/b33-25-,34-26-. The number of allylic oxidation sites excluding steroid dienone is 2. The summed E-state index contributed by atoms with van der Waals surface area (Å²) in [5.74, 6) is -2.56. The van der Waals surface area contributed by atoms with Gasteiger partial charge in [-0.1, -0.05) is 72.8 Å². The lowest BCUT2D eigenvalue weighted by Crippen LogP contribution is -2.09. The molecule has 0 bridgehead atoms. The largest absolute Gasteiger partial charge is 0.506 e. The van der Waals surface area contributed by atoms with E-state index in [1.54, 1.807) is 12.1 Å². The highest BCUT2D eigenvalue weighted by atomic mass is 32.1. The maximum atomic E-state index is 12.8. The van der Waals surface area contributed by atoms with E-state index in [0.29, 0.717) is 9.75 Å². The summed E-state index contributed by atoms with van der Waals surface area (Å²) < 4.78 is 0. The van der Waals surface area contributed by atoms with Crippen LogP contribution in [0.3, 0.4) is 0 Å². The van der Waals surface area contributed by atoms with E-state index >= 15 is 0 Å². The van der Waals surface area contributed by atoms with Crippen molar-refractivity contribution in [1.29, 1.82) is 0 Å². The van der Waals surface area contributed by atoms with Crippen LogP contribution in [0.4, 0.5) is 32.8 Å². The minimum Gasteiger partial charge on any atom is -0.506 e. The Morgan fingerprint density at radius 3 is 1.00 bits per heavy atom. The third-order valence-corrected chi connectivity index (χ3v) is 9.15. The van der Waals surface area contributed by atoms with E-state index in [9.17, 15) is 19.8 Å². The fraction of sp³-hybridized carbons (Fsp3) is 0. The molecule has 0 unspecified atom stereocenters. The van der Waals surface area contributed by atoms with Gasteiger partial charge in [0, 0.05) is 34.9 Å². The van der Waals surface area contributed by atoms with Gasteiger partial charge in [-0.25, -0.2) is 0 Å². The lowest BCUT2D eigenvalue weighted by atomic mass is 10.2. The predicted molar refractivity (Wildman–Crippen MR) is 189 cm³/mol. The second-order valence-corrected chi connectivity index (χ2v) is 12.2. The molecule has 0 radical (unpaired) electrons. The number of hydrogen-bond acceptors (Lipinski definition) is 8. The van der Waals surface area contributed by atoms with E-state index < -0.39 is 11.6 Å². The number of ketones is 2. The number of aliphatic hydroxyl groups is 2. The Kier molecular flexibility index (Phi) is 9.19. The number of rotatable bonds is 11. The van der Waals surface area contributed by atoms with Gasteiger partial charge in [-0.15, -0.1) is 22.7 Å². The fourth-order valence-corrected chi connectivity index (χ4v) is 6.75. The van der Waals surface area contributed by atoms with Crippen molar-refractivity contribution in [2.24, 2.45) is 0 Å². The van der Waals surface area contributed by atoms with Gasteiger partial charge in [0.25, 0.3) is 0 Å². The van der Waals surface area contributed by atoms with Crippen LogP contribution in [0.15, 0.2) is 158 Å². The molecule has 4 aromatic carbocycles. The zero-order valence-corrected chi connectivity index (χ0v) is 26.1. The van der Waals surface area contributed by atoms with Crippen LogP contribution in [0.25, 0.3) is 11.5 Å². The molecule has 0 spiro atoms. The first kappa shape index (κ1) is 30.3. The van der Waals surface area contributed by atoms with Gasteiger partial charge in [0.2, 0.25) is 11.6 Å². The van der Waals surface area contributed by atoms with Crippen LogP contribution in [0, 0.1) is 0 Å². The van der Waals surface area contributed by atoms with Gasteiger partial charge >= 0.3 is 0 Å². The van der Waals surface area contributed by atoms with Crippen molar-refractivity contribution < 1.29 is 19.8 Å². The highest BCUT2D eigenvalue weighted by Crippen LogP contribution is 2.41. The highest BCUT2D eigenvalue weighted by Gasteiger charge is 2.19. The van der Waals surface area contributed by atoms with E-state index in [2.05, 4.69) is 0 Å². The topological polar surface area (TPSA) is 81.1 Å². The second kappa shape index (κ2) is 13.9. The van der Waals surface area contributed by atoms with Crippen LogP contribution in [0.2, 0.25) is 0 Å². The van der Waals surface area contributed by atoms with Gasteiger partial charge in [-0.2, -0.15) is 0 Å². The molecule has 46 heavy (non-hydrogen) atoms. The number of nitrogens with zero attached hydrogens (tertiary/aromatic N) is 2. The van der Waals surface area contributed by atoms with Crippen LogP contribution in [0.5, 0.6) is 0 Å². The summed E-state index contributed by atoms with van der Waals surface area (Å²) in [6, 6.07) is 46.4. The van der Waals surface area contributed by atoms with Gasteiger partial charge in [-0.05, 0) is 72.8 Å². The molecule has 226 valence electrons. The van der Waals surface area contributed by atoms with Gasteiger partial charge in [0.15, 0.2) is 0 Å². The molecule has 0 saturated carbocycles. The average Bonchev–Trinajstić information content (AvgIpc) is 3.78. The number of benzene rings is 4. The Morgan fingerprint density at radius 2 is 0.717 bits per heavy atom. The second-order valence-electron chi connectivity index (χ2n) is 10.1. The van der Waals surface area contributed by atoms with Crippen molar-refractivity contribution in [2.75, 3.05) is 9.80 Å². The molecule has 6 nitrogen and oxygen atoms in total. The molecule has 2 aromatic heterocycles. The van der Waals surface area contributed by atoms with Crippen molar-refractivity contribution in [3.8, 4) is 0 Å². The summed E-state index contributed by atoms with van der Waals surface area (Å²) in [5, 5.41) is 23.2. The van der Waals surface area contributed by atoms with Gasteiger partial charge in [-0.3, -0.25) is 9.59 Å². The lowest BCUT2D eigenvalue weighted by molar-refractivity contribution is -0.130. The van der Waals surface area contributed by atoms with Crippen LogP contribution < -0.4 is 9.80 Å². The van der Waals surface area contributed by atoms with Crippen LogP contribution in [-0.4, -0.2) is 21.8 Å². The van der Waals surface area contributed by atoms with E-state index in [-0.39, 0.29) is 11.5 Å². The first-order valence-electron chi connectivity index (χ1n) is 14.4. The molecule has 8 heteroatoms. The predicted octanol–water partition coefficient (Wildman–Crippen LogP) is 10.4. The van der Waals surface area contributed by atoms with Crippen molar-refractivity contribution >= 4 is 78.5 Å². The SMILES string of the molecule is O=C(/C=C(\O)c1ccc(N(c2ccccc2)c2ccccc2)s1)C(=O)/C=C(\O)c1ccc(N(c2ccccc2)c2ccccc2)s1. The van der Waals surface area contributed by atoms with Crippen molar-refractivity contribution in [3.63, 3.8) is 0 Å². The number of carbonyl (C=O) groups excluding carboxylic acids is 2. The Balaban J connectivity index is 1.20. The highest BCUT2D eigenvalue weighted by molar-refractivity contribution is 7.17. The molecule has 2 heterocycles. The number of hydrogen-bond donors (Lipinski definition) is 2. The molecule has 0 aliphatic heterocycles. The van der Waals surface area contributed by atoms with E-state index in [1.807, 2.05) is 143 Å². The Bertz CT molecular complexity index is 1770. The monoisotopic (exact) mass is 640 g/mol. The summed E-state index contributed by atoms with van der Waals surface area (Å²) in [6.07, 6.45) is 1.78. The smallest absolute Gasteiger partial charge is 0.229 e. The van der Waals surface area contributed by atoms with E-state index in [4.69, 9.17) is 0 Å². The Morgan fingerprint density at radius 1 is 0.435 bits per heavy atom. The molecule has 2 N–H and O–H groups in total. The van der Waals surface area contributed by atoms with E-state index in [1.165, 1.54) is 22.7 Å². The molecule has 0 fully saturated rings. The lowest BCUT2D eigenvalue weighted by Gasteiger charge is -2.23. The minimum atomic E-state index is -0.950. The summed E-state index contributed by atoms with van der Waals surface area (Å²) in [5.41, 5.74) is 3.74. The first-order valence-corrected chi connectivity index (χ1v) is 16.0. The molecule has 0 atom stereocenters. The van der Waals surface area contributed by atoms with Gasteiger partial charge < -0.3 is 20.0 Å². The zero-order valence-electron chi connectivity index (χ0n) is 24.4. The molecule has 6 aromatic rings. The van der Waals surface area contributed by atoms with Gasteiger partial charge in [0.05, 0.1) is 9.75 Å². The summed E-state index contributed by atoms with van der Waals surface area (Å²) in [4.78, 5) is 30.5. The van der Waals surface area contributed by atoms with Crippen LogP contribution >= 0.6 is 22.7 Å². The quantitative estimate of drug-likeness (QED) is 0.0833. The zero-order chi connectivity index (χ0) is 31.9. The van der Waals surface area contributed by atoms with Crippen LogP contribution in [-0.2, 0) is 9.59 Å². The number of thiophene rings is 2. The van der Waals surface area contributed by atoms with Gasteiger partial charge in [0.1, 0.15) is 21.5 Å². The fourth-order valence-electron chi connectivity index (χ4n) is 4.82. The number of aliphatic hydroxyl groups excluding tert-OH is 2. The van der Waals surface area contributed by atoms with Crippen LogP contribution in [0.1, 0.15) is 9.75 Å². The summed E-state index contributed by atoms with van der Waals surface area (Å²) in [6.45, 7) is 0. The normalized spacial score (nSPS) is 11.7. The Labute approximate surface area is 274 Å². The van der Waals surface area contributed by atoms with Crippen molar-refractivity contribution in [1.82, 2.24) is 0 Å². The molecule has 6 rings (SSSR count). The molecule has 0 saturated heterocycles. The molecule has 0 aliphatic carbocycles. The summed E-state index contributed by atoms with van der Waals surface area (Å²) >= 11 is 2.56. The molecule has 0 aliphatic rings. The molecule has 0 amide bonds. The molecular formula is C38H28N2O4S2. The van der Waals surface area contributed by atoms with E-state index in [0.717, 1.165) is 44.9 Å². The Hall–Kier alpha value is -5.70. The van der Waals surface area contributed by atoms with Crippen molar-refractivity contribution in [3.05, 3.63) is 167 Å². The minimum absolute atomic E-state index is 0.330. The number of anilines is 6. The number of carbonyl (C=O) groups is 2. The average molecular weight is 641 g/mol. The first-order chi connectivity index (χ1) is 22.5. The number of para-hydroxylation sites is 4. The maximum absolute atomic E-state index is 12.8.